The highest BCUT2D eigenvalue weighted by Gasteiger charge is 2.26. The molecule has 0 aliphatic heterocycles. The second-order valence-electron chi connectivity index (χ2n) is 9.67. The van der Waals surface area contributed by atoms with Gasteiger partial charge in [-0.2, -0.15) is 0 Å². The lowest BCUT2D eigenvalue weighted by molar-refractivity contribution is -0.133. The van der Waals surface area contributed by atoms with Crippen LogP contribution in [0.25, 0.3) is 0 Å². The summed E-state index contributed by atoms with van der Waals surface area (Å²) in [5.41, 5.74) is 0.615. The van der Waals surface area contributed by atoms with Crippen LogP contribution >= 0.6 is 0 Å². The Morgan fingerprint density at radius 3 is 2.26 bits per heavy atom. The molecule has 1 N–H and O–H groups in total. The number of hydrogen-bond donors (Lipinski definition) is 1. The number of ether oxygens (including phenoxy) is 2. The Morgan fingerprint density at radius 2 is 1.74 bits per heavy atom. The van der Waals surface area contributed by atoms with Crippen molar-refractivity contribution in [3.8, 4) is 11.5 Å². The molecule has 3 amide bonds. The van der Waals surface area contributed by atoms with Crippen LogP contribution in [0.4, 0.5) is 4.79 Å². The Balaban J connectivity index is 2.20. The first-order valence-electron chi connectivity index (χ1n) is 11.6. The summed E-state index contributed by atoms with van der Waals surface area (Å²) >= 11 is 0. The Labute approximate surface area is 203 Å². The summed E-state index contributed by atoms with van der Waals surface area (Å²) in [7, 11) is 3.19. The van der Waals surface area contributed by atoms with Crippen LogP contribution in [0.2, 0.25) is 0 Å². The molecule has 0 bridgehead atoms. The lowest BCUT2D eigenvalue weighted by Gasteiger charge is -2.32. The predicted octanol–water partition coefficient (Wildman–Crippen LogP) is 4.40. The molecule has 2 rings (SSSR count). The maximum atomic E-state index is 13.4. The van der Waals surface area contributed by atoms with Crippen LogP contribution in [0.15, 0.2) is 34.7 Å². The average Bonchev–Trinajstić information content (AvgIpc) is 3.17. The highest BCUT2D eigenvalue weighted by Crippen LogP contribution is 2.28. The highest BCUT2D eigenvalue weighted by atomic mass is 16.5. The van der Waals surface area contributed by atoms with E-state index >= 15 is 0 Å². The maximum Gasteiger partial charge on any atom is 0.318 e. The number of hydrogen-bond acceptors (Lipinski definition) is 5. The number of methoxy groups -OCH3 is 2. The third-order valence-corrected chi connectivity index (χ3v) is 5.29. The van der Waals surface area contributed by atoms with Crippen LogP contribution in [-0.2, 0) is 17.8 Å². The van der Waals surface area contributed by atoms with Crippen molar-refractivity contribution >= 4 is 11.9 Å². The molecule has 0 saturated carbocycles. The van der Waals surface area contributed by atoms with Gasteiger partial charge in [0, 0.05) is 18.1 Å². The smallest absolute Gasteiger partial charge is 0.318 e. The molecule has 1 aromatic heterocycles. The lowest BCUT2D eigenvalue weighted by Crippen LogP contribution is -2.53. The van der Waals surface area contributed by atoms with Crippen LogP contribution in [0.5, 0.6) is 11.5 Å². The fourth-order valence-electron chi connectivity index (χ4n) is 3.48. The van der Waals surface area contributed by atoms with Crippen LogP contribution in [0.1, 0.15) is 51.7 Å². The van der Waals surface area contributed by atoms with E-state index in [-0.39, 0.29) is 24.5 Å². The van der Waals surface area contributed by atoms with E-state index < -0.39 is 5.54 Å². The fraction of sp³-hybridized carbons (Fsp3) is 0.538. The van der Waals surface area contributed by atoms with Gasteiger partial charge in [0.25, 0.3) is 0 Å². The maximum absolute atomic E-state index is 13.4. The van der Waals surface area contributed by atoms with Crippen molar-refractivity contribution in [3.05, 3.63) is 47.4 Å². The van der Waals surface area contributed by atoms with Gasteiger partial charge in [-0.05, 0) is 77.8 Å². The van der Waals surface area contributed by atoms with Crippen molar-refractivity contribution in [2.45, 2.75) is 66.1 Å². The molecule has 1 heterocycles. The van der Waals surface area contributed by atoms with Crippen molar-refractivity contribution in [3.63, 3.8) is 0 Å². The number of urea groups is 1. The first-order valence-corrected chi connectivity index (χ1v) is 11.6. The van der Waals surface area contributed by atoms with Gasteiger partial charge in [-0.25, -0.2) is 4.79 Å². The van der Waals surface area contributed by atoms with Crippen LogP contribution < -0.4 is 14.8 Å². The van der Waals surface area contributed by atoms with Gasteiger partial charge in [0.1, 0.15) is 18.1 Å². The molecule has 0 spiro atoms. The molecule has 188 valence electrons. The van der Waals surface area contributed by atoms with E-state index in [9.17, 15) is 9.59 Å². The fourth-order valence-corrected chi connectivity index (χ4v) is 3.48. The quantitative estimate of drug-likeness (QED) is 0.553. The molecule has 8 heteroatoms. The number of benzene rings is 1. The Hall–Kier alpha value is -3.16. The second-order valence-corrected chi connectivity index (χ2v) is 9.67. The molecular weight excluding hydrogens is 434 g/mol. The number of nitrogens with zero attached hydrogens (tertiary/aromatic N) is 2. The largest absolute Gasteiger partial charge is 0.493 e. The molecule has 8 nitrogen and oxygen atoms in total. The number of carbonyl (C=O) groups is 2. The van der Waals surface area contributed by atoms with E-state index in [2.05, 4.69) is 5.32 Å². The van der Waals surface area contributed by atoms with Gasteiger partial charge < -0.3 is 29.0 Å². The summed E-state index contributed by atoms with van der Waals surface area (Å²) in [6, 6.07) is 9.08. The summed E-state index contributed by atoms with van der Waals surface area (Å²) in [6.07, 6.45) is 0.613. The zero-order chi connectivity index (χ0) is 25.5. The number of amides is 3. The molecule has 0 fully saturated rings. The van der Waals surface area contributed by atoms with Crippen molar-refractivity contribution in [1.82, 2.24) is 15.1 Å². The molecule has 0 atom stereocenters. The Bertz CT molecular complexity index is 962. The molecule has 2 aromatic rings. The lowest BCUT2D eigenvalue weighted by atomic mass is 10.1. The topological polar surface area (TPSA) is 84.2 Å². The third-order valence-electron chi connectivity index (χ3n) is 5.29. The Morgan fingerprint density at radius 1 is 1.06 bits per heavy atom. The van der Waals surface area contributed by atoms with Gasteiger partial charge in [0.05, 0.1) is 20.8 Å². The first-order chi connectivity index (χ1) is 15.9. The summed E-state index contributed by atoms with van der Waals surface area (Å²) < 4.78 is 16.4. The van der Waals surface area contributed by atoms with E-state index in [1.54, 1.807) is 24.0 Å². The van der Waals surface area contributed by atoms with Crippen LogP contribution in [0.3, 0.4) is 0 Å². The van der Waals surface area contributed by atoms with Gasteiger partial charge in [0.2, 0.25) is 5.91 Å². The normalized spacial score (nSPS) is 11.3. The average molecular weight is 474 g/mol. The molecular formula is C26H39N3O5. The molecule has 0 aliphatic rings. The van der Waals surface area contributed by atoms with E-state index in [4.69, 9.17) is 13.9 Å². The third kappa shape index (κ3) is 8.01. The number of carbonyl (C=O) groups excluding carboxylic acids is 2. The van der Waals surface area contributed by atoms with Crippen molar-refractivity contribution < 1.29 is 23.5 Å². The van der Waals surface area contributed by atoms with Crippen molar-refractivity contribution in [2.75, 3.05) is 27.3 Å². The van der Waals surface area contributed by atoms with Gasteiger partial charge in [-0.3, -0.25) is 4.79 Å². The molecule has 0 saturated heterocycles. The summed E-state index contributed by atoms with van der Waals surface area (Å²) in [6.45, 7) is 12.2. The van der Waals surface area contributed by atoms with Crippen LogP contribution in [0, 0.1) is 6.92 Å². The van der Waals surface area contributed by atoms with Gasteiger partial charge in [-0.1, -0.05) is 6.07 Å². The summed E-state index contributed by atoms with van der Waals surface area (Å²) in [4.78, 5) is 29.5. The van der Waals surface area contributed by atoms with Crippen molar-refractivity contribution in [2.24, 2.45) is 0 Å². The molecule has 0 radical (unpaired) electrons. The molecule has 1 aromatic carbocycles. The van der Waals surface area contributed by atoms with Crippen molar-refractivity contribution in [1.29, 1.82) is 0 Å². The summed E-state index contributed by atoms with van der Waals surface area (Å²) in [5, 5.41) is 2.95. The second kappa shape index (κ2) is 11.8. The van der Waals surface area contributed by atoms with E-state index in [1.807, 2.05) is 71.9 Å². The number of nitrogens with one attached hydrogen (secondary N) is 1. The SMILES string of the molecule is COc1ccc(CCN(Cc2ccc(C)o2)C(=O)CN(C(=O)NC(C)(C)C)C(C)C)cc1OC. The van der Waals surface area contributed by atoms with Crippen LogP contribution in [-0.4, -0.2) is 60.6 Å². The minimum atomic E-state index is -0.397. The zero-order valence-corrected chi connectivity index (χ0v) is 21.7. The van der Waals surface area contributed by atoms with E-state index in [0.29, 0.717) is 36.8 Å². The molecule has 0 aliphatic carbocycles. The number of rotatable bonds is 10. The standard InChI is InChI=1S/C26H39N3O5/c1-18(2)29(25(31)27-26(4,5)6)17-24(30)28(16-21-11-9-19(3)34-21)14-13-20-10-12-22(32-7)23(15-20)33-8/h9-12,15,18H,13-14,16-17H2,1-8H3,(H,27,31). The number of aryl methyl sites for hydroxylation is 1. The van der Waals surface area contributed by atoms with Gasteiger partial charge in [0.15, 0.2) is 11.5 Å². The van der Waals surface area contributed by atoms with Gasteiger partial charge in [-0.15, -0.1) is 0 Å². The minimum absolute atomic E-state index is 0.0226. The first kappa shape index (κ1) is 27.1. The minimum Gasteiger partial charge on any atom is -0.493 e. The van der Waals surface area contributed by atoms with E-state index in [1.165, 1.54) is 0 Å². The summed E-state index contributed by atoms with van der Waals surface area (Å²) in [5.74, 6) is 2.64. The zero-order valence-electron chi connectivity index (χ0n) is 21.7. The number of furan rings is 1. The Kier molecular flexibility index (Phi) is 9.41. The molecule has 34 heavy (non-hydrogen) atoms. The monoisotopic (exact) mass is 473 g/mol. The van der Waals surface area contributed by atoms with E-state index in [0.717, 1.165) is 11.3 Å². The van der Waals surface area contributed by atoms with Gasteiger partial charge >= 0.3 is 6.03 Å². The predicted molar refractivity (Wildman–Crippen MR) is 132 cm³/mol. The molecule has 0 unspecified atom stereocenters. The highest BCUT2D eigenvalue weighted by molar-refractivity contribution is 5.84.